The lowest BCUT2D eigenvalue weighted by molar-refractivity contribution is -0.116. The van der Waals surface area contributed by atoms with Crippen molar-refractivity contribution in [2.24, 2.45) is 0 Å². The second-order valence-corrected chi connectivity index (χ2v) is 6.98. The lowest BCUT2D eigenvalue weighted by atomic mass is 10.3. The van der Waals surface area contributed by atoms with E-state index in [1.54, 1.807) is 64.7 Å². The molecule has 0 aliphatic carbocycles. The zero-order valence-electron chi connectivity index (χ0n) is 15.1. The molecular weight excluding hydrogens is 376 g/mol. The topological polar surface area (TPSA) is 103 Å². The van der Waals surface area contributed by atoms with Crippen molar-refractivity contribution in [2.45, 2.75) is 13.1 Å². The van der Waals surface area contributed by atoms with Gasteiger partial charge in [-0.25, -0.2) is 14.6 Å². The molecule has 0 unspecified atom stereocenters. The second kappa shape index (κ2) is 8.01. The molecular formula is C18H18N8OS. The van der Waals surface area contributed by atoms with E-state index >= 15 is 0 Å². The smallest absolute Gasteiger partial charge is 0.247 e. The van der Waals surface area contributed by atoms with E-state index in [0.717, 1.165) is 11.4 Å². The Morgan fingerprint density at radius 2 is 2.14 bits per heavy atom. The van der Waals surface area contributed by atoms with Crippen LogP contribution >= 0.6 is 11.3 Å². The maximum Gasteiger partial charge on any atom is 0.247 e. The number of carbonyl (C=O) groups excluding carboxylic acids is 1. The van der Waals surface area contributed by atoms with Crippen LogP contribution in [-0.4, -0.2) is 42.5 Å². The molecule has 4 aromatic rings. The third kappa shape index (κ3) is 4.07. The first-order valence-corrected chi connectivity index (χ1v) is 9.47. The molecule has 10 heteroatoms. The molecule has 0 radical (unpaired) electrons. The van der Waals surface area contributed by atoms with Crippen LogP contribution < -0.4 is 10.6 Å². The first-order chi connectivity index (χ1) is 13.7. The van der Waals surface area contributed by atoms with E-state index in [1.807, 2.05) is 17.5 Å². The summed E-state index contributed by atoms with van der Waals surface area (Å²) in [6.07, 6.45) is 6.73. The number of nitrogens with one attached hydrogen (secondary N) is 2. The van der Waals surface area contributed by atoms with Crippen LogP contribution in [-0.2, 0) is 17.9 Å². The number of hydrogen-bond donors (Lipinski definition) is 2. The summed E-state index contributed by atoms with van der Waals surface area (Å²) < 4.78 is 3.31. The Morgan fingerprint density at radius 1 is 1.21 bits per heavy atom. The quantitative estimate of drug-likeness (QED) is 0.499. The highest BCUT2D eigenvalue weighted by Gasteiger charge is 2.11. The van der Waals surface area contributed by atoms with Crippen LogP contribution in [0.4, 0.5) is 11.6 Å². The van der Waals surface area contributed by atoms with Gasteiger partial charge in [0.2, 0.25) is 5.91 Å². The van der Waals surface area contributed by atoms with E-state index in [2.05, 4.69) is 30.8 Å². The van der Waals surface area contributed by atoms with Gasteiger partial charge in [0.15, 0.2) is 5.82 Å². The second-order valence-electron chi connectivity index (χ2n) is 5.94. The van der Waals surface area contributed by atoms with E-state index in [1.165, 1.54) is 4.88 Å². The summed E-state index contributed by atoms with van der Waals surface area (Å²) in [5.74, 6) is 1.73. The van der Waals surface area contributed by atoms with Crippen molar-refractivity contribution in [3.05, 3.63) is 59.3 Å². The van der Waals surface area contributed by atoms with Gasteiger partial charge in [-0.3, -0.25) is 9.48 Å². The molecule has 0 spiro atoms. The highest BCUT2D eigenvalue weighted by Crippen LogP contribution is 2.16. The summed E-state index contributed by atoms with van der Waals surface area (Å²) in [4.78, 5) is 22.2. The molecule has 0 fully saturated rings. The van der Waals surface area contributed by atoms with E-state index in [0.29, 0.717) is 18.2 Å². The number of rotatable bonds is 7. The van der Waals surface area contributed by atoms with Crippen molar-refractivity contribution in [3.63, 3.8) is 0 Å². The van der Waals surface area contributed by atoms with Crippen molar-refractivity contribution < 1.29 is 4.79 Å². The molecule has 2 N–H and O–H groups in total. The van der Waals surface area contributed by atoms with E-state index in [4.69, 9.17) is 0 Å². The standard InChI is InChI=1S/C18H18N8OS/c1-19-15-4-6-20-18(23-15)13-9-22-25(10-13)12-17(27)24-16-5-7-21-26(16)11-14-3-2-8-28-14/h2-10H,11-12H2,1H3,(H,24,27)(H,19,20,23). The molecule has 4 rings (SSSR count). The van der Waals surface area contributed by atoms with Crippen molar-refractivity contribution in [2.75, 3.05) is 17.7 Å². The highest BCUT2D eigenvalue weighted by atomic mass is 32.1. The Hall–Kier alpha value is -3.53. The summed E-state index contributed by atoms with van der Waals surface area (Å²) in [5, 5.41) is 16.4. The van der Waals surface area contributed by atoms with Gasteiger partial charge in [-0.05, 0) is 17.5 Å². The summed E-state index contributed by atoms with van der Waals surface area (Å²) in [7, 11) is 1.79. The molecule has 4 heterocycles. The predicted molar refractivity (Wildman–Crippen MR) is 107 cm³/mol. The van der Waals surface area contributed by atoms with Crippen LogP contribution in [0.25, 0.3) is 11.4 Å². The minimum atomic E-state index is -0.188. The van der Waals surface area contributed by atoms with Crippen LogP contribution in [0.3, 0.4) is 0 Å². The molecule has 0 aliphatic heterocycles. The molecule has 28 heavy (non-hydrogen) atoms. The fourth-order valence-corrected chi connectivity index (χ4v) is 3.33. The SMILES string of the molecule is CNc1ccnc(-c2cnn(CC(=O)Nc3ccnn3Cc3cccs3)c2)n1. The molecule has 142 valence electrons. The number of aromatic nitrogens is 6. The summed E-state index contributed by atoms with van der Waals surface area (Å²) in [6, 6.07) is 7.58. The maximum absolute atomic E-state index is 12.4. The van der Waals surface area contributed by atoms with Gasteiger partial charge in [-0.15, -0.1) is 11.3 Å². The number of hydrogen-bond acceptors (Lipinski definition) is 7. The molecule has 9 nitrogen and oxygen atoms in total. The van der Waals surface area contributed by atoms with Crippen molar-refractivity contribution >= 4 is 28.9 Å². The fraction of sp³-hybridized carbons (Fsp3) is 0.167. The normalized spacial score (nSPS) is 10.8. The number of amides is 1. The summed E-state index contributed by atoms with van der Waals surface area (Å²) in [5.41, 5.74) is 0.743. The van der Waals surface area contributed by atoms with Gasteiger partial charge in [-0.2, -0.15) is 10.2 Å². The van der Waals surface area contributed by atoms with Gasteiger partial charge in [0, 0.05) is 30.4 Å². The molecule has 1 amide bonds. The molecule has 0 aliphatic rings. The third-order valence-electron chi connectivity index (χ3n) is 3.98. The van der Waals surface area contributed by atoms with Crippen molar-refractivity contribution in [1.29, 1.82) is 0 Å². The minimum absolute atomic E-state index is 0.0793. The maximum atomic E-state index is 12.4. The zero-order valence-corrected chi connectivity index (χ0v) is 15.9. The molecule has 0 bridgehead atoms. The zero-order chi connectivity index (χ0) is 19.3. The third-order valence-corrected chi connectivity index (χ3v) is 4.84. The molecule has 0 aromatic carbocycles. The Morgan fingerprint density at radius 3 is 2.96 bits per heavy atom. The fourth-order valence-electron chi connectivity index (χ4n) is 2.65. The average molecular weight is 394 g/mol. The van der Waals surface area contributed by atoms with E-state index in [-0.39, 0.29) is 12.5 Å². The van der Waals surface area contributed by atoms with Gasteiger partial charge >= 0.3 is 0 Å². The molecule has 0 atom stereocenters. The van der Waals surface area contributed by atoms with Gasteiger partial charge in [-0.1, -0.05) is 6.07 Å². The van der Waals surface area contributed by atoms with E-state index < -0.39 is 0 Å². The van der Waals surface area contributed by atoms with Crippen molar-refractivity contribution in [3.8, 4) is 11.4 Å². The molecule has 0 saturated carbocycles. The Bertz CT molecular complexity index is 1070. The number of nitrogens with zero attached hydrogens (tertiary/aromatic N) is 6. The summed E-state index contributed by atoms with van der Waals surface area (Å²) in [6.45, 7) is 0.696. The highest BCUT2D eigenvalue weighted by molar-refractivity contribution is 7.09. The Labute approximate surface area is 165 Å². The van der Waals surface area contributed by atoms with Gasteiger partial charge < -0.3 is 10.6 Å². The van der Waals surface area contributed by atoms with Crippen LogP contribution in [0.1, 0.15) is 4.88 Å². The minimum Gasteiger partial charge on any atom is -0.373 e. The van der Waals surface area contributed by atoms with Gasteiger partial charge in [0.25, 0.3) is 0 Å². The first kappa shape index (κ1) is 17.9. The van der Waals surface area contributed by atoms with Crippen LogP contribution in [0.15, 0.2) is 54.4 Å². The molecule has 0 saturated heterocycles. The summed E-state index contributed by atoms with van der Waals surface area (Å²) >= 11 is 1.65. The van der Waals surface area contributed by atoms with E-state index in [9.17, 15) is 4.79 Å². The Balaban J connectivity index is 1.41. The van der Waals surface area contributed by atoms with Gasteiger partial charge in [0.05, 0.1) is 24.5 Å². The monoisotopic (exact) mass is 394 g/mol. The first-order valence-electron chi connectivity index (χ1n) is 8.59. The largest absolute Gasteiger partial charge is 0.373 e. The lowest BCUT2D eigenvalue weighted by Gasteiger charge is -2.08. The van der Waals surface area contributed by atoms with Crippen LogP contribution in [0.5, 0.6) is 0 Å². The average Bonchev–Trinajstić information content (AvgIpc) is 3.46. The number of anilines is 2. The van der Waals surface area contributed by atoms with Gasteiger partial charge in [0.1, 0.15) is 18.2 Å². The van der Waals surface area contributed by atoms with Crippen molar-refractivity contribution in [1.82, 2.24) is 29.5 Å². The molecule has 4 aromatic heterocycles. The Kier molecular flexibility index (Phi) is 5.11. The predicted octanol–water partition coefficient (Wildman–Crippen LogP) is 2.33. The lowest BCUT2D eigenvalue weighted by Crippen LogP contribution is -2.21. The number of thiophene rings is 1. The number of carbonyl (C=O) groups is 1. The van der Waals surface area contributed by atoms with Crippen LogP contribution in [0.2, 0.25) is 0 Å². The van der Waals surface area contributed by atoms with Crippen LogP contribution in [0, 0.1) is 0 Å².